The minimum absolute atomic E-state index is 0.00593. The first kappa shape index (κ1) is 14.2. The van der Waals surface area contributed by atoms with Gasteiger partial charge in [0.25, 0.3) is 0 Å². The maximum Gasteiger partial charge on any atom is 0.178 e. The van der Waals surface area contributed by atoms with E-state index in [4.69, 9.17) is 11.6 Å². The zero-order chi connectivity index (χ0) is 13.8. The summed E-state index contributed by atoms with van der Waals surface area (Å²) < 4.78 is 0.888. The van der Waals surface area contributed by atoms with Crippen LogP contribution in [0.3, 0.4) is 0 Å². The van der Waals surface area contributed by atoms with Crippen molar-refractivity contribution in [2.24, 2.45) is 0 Å². The summed E-state index contributed by atoms with van der Waals surface area (Å²) in [7, 11) is 0. The lowest BCUT2D eigenvalue weighted by Crippen LogP contribution is -2.04. The van der Waals surface area contributed by atoms with Crippen LogP contribution in [0.4, 0.5) is 0 Å². The Labute approximate surface area is 126 Å². The second-order valence-electron chi connectivity index (χ2n) is 4.35. The molecule has 0 fully saturated rings. The molecule has 0 radical (unpaired) electrons. The number of pyridine rings is 1. The molecule has 0 spiro atoms. The summed E-state index contributed by atoms with van der Waals surface area (Å²) in [6, 6.07) is 9.72. The van der Waals surface area contributed by atoms with Gasteiger partial charge in [-0.25, -0.2) is 0 Å². The monoisotopic (exact) mass is 337 g/mol. The SMILES string of the molecule is CC(=O)c1ncc(Br)cc1CCc1cccc(Cl)c1. The van der Waals surface area contributed by atoms with Crippen molar-refractivity contribution in [1.29, 1.82) is 0 Å². The molecular formula is C15H13BrClNO. The van der Waals surface area contributed by atoms with Gasteiger partial charge in [-0.3, -0.25) is 9.78 Å². The van der Waals surface area contributed by atoms with Crippen LogP contribution in [0.2, 0.25) is 5.02 Å². The maximum atomic E-state index is 11.5. The van der Waals surface area contributed by atoms with Crippen molar-refractivity contribution in [3.63, 3.8) is 0 Å². The summed E-state index contributed by atoms with van der Waals surface area (Å²) in [6.07, 6.45) is 3.25. The molecule has 0 aliphatic heterocycles. The standard InChI is InChI=1S/C15H13BrClNO/c1-10(19)15-12(8-13(16)9-18-15)6-5-11-3-2-4-14(17)7-11/h2-4,7-9H,5-6H2,1H3. The van der Waals surface area contributed by atoms with E-state index in [9.17, 15) is 4.79 Å². The van der Waals surface area contributed by atoms with E-state index in [-0.39, 0.29) is 5.78 Å². The number of carbonyl (C=O) groups excluding carboxylic acids is 1. The fourth-order valence-corrected chi connectivity index (χ4v) is 2.55. The molecule has 0 aliphatic carbocycles. The molecule has 0 unspecified atom stereocenters. The van der Waals surface area contributed by atoms with E-state index in [1.54, 1.807) is 13.1 Å². The number of hydrogen-bond donors (Lipinski definition) is 0. The molecule has 0 saturated heterocycles. The van der Waals surface area contributed by atoms with Crippen LogP contribution in [-0.4, -0.2) is 10.8 Å². The summed E-state index contributed by atoms with van der Waals surface area (Å²) in [4.78, 5) is 15.7. The molecule has 0 aliphatic rings. The number of carbonyl (C=O) groups is 1. The van der Waals surface area contributed by atoms with Crippen LogP contribution < -0.4 is 0 Å². The predicted octanol–water partition coefficient (Wildman–Crippen LogP) is 4.49. The highest BCUT2D eigenvalue weighted by molar-refractivity contribution is 9.10. The van der Waals surface area contributed by atoms with E-state index in [0.717, 1.165) is 33.5 Å². The van der Waals surface area contributed by atoms with Crippen LogP contribution >= 0.6 is 27.5 Å². The molecule has 4 heteroatoms. The van der Waals surface area contributed by atoms with Crippen molar-refractivity contribution in [1.82, 2.24) is 4.98 Å². The van der Waals surface area contributed by atoms with Crippen molar-refractivity contribution >= 4 is 33.3 Å². The minimum atomic E-state index is -0.00593. The number of rotatable bonds is 4. The molecule has 1 aromatic carbocycles. The highest BCUT2D eigenvalue weighted by Crippen LogP contribution is 2.18. The number of aromatic nitrogens is 1. The van der Waals surface area contributed by atoms with Crippen LogP contribution in [0, 0.1) is 0 Å². The fourth-order valence-electron chi connectivity index (χ4n) is 1.96. The van der Waals surface area contributed by atoms with E-state index >= 15 is 0 Å². The van der Waals surface area contributed by atoms with Crippen molar-refractivity contribution < 1.29 is 4.79 Å². The van der Waals surface area contributed by atoms with E-state index in [1.807, 2.05) is 30.3 Å². The normalized spacial score (nSPS) is 10.5. The molecule has 2 rings (SSSR count). The van der Waals surface area contributed by atoms with Crippen LogP contribution in [-0.2, 0) is 12.8 Å². The quantitative estimate of drug-likeness (QED) is 0.769. The topological polar surface area (TPSA) is 30.0 Å². The first-order chi connectivity index (χ1) is 9.06. The van der Waals surface area contributed by atoms with Crippen LogP contribution in [0.15, 0.2) is 41.0 Å². The van der Waals surface area contributed by atoms with Crippen molar-refractivity contribution in [3.05, 3.63) is 62.8 Å². The molecule has 19 heavy (non-hydrogen) atoms. The van der Waals surface area contributed by atoms with Gasteiger partial charge in [0.05, 0.1) is 0 Å². The summed E-state index contributed by atoms with van der Waals surface area (Å²) in [6.45, 7) is 1.54. The Balaban J connectivity index is 2.19. The molecule has 0 atom stereocenters. The third kappa shape index (κ3) is 3.88. The molecule has 98 valence electrons. The molecular weight excluding hydrogens is 326 g/mol. The van der Waals surface area contributed by atoms with Crippen molar-refractivity contribution in [2.45, 2.75) is 19.8 Å². The van der Waals surface area contributed by atoms with E-state index < -0.39 is 0 Å². The lowest BCUT2D eigenvalue weighted by molar-refractivity contribution is 0.101. The zero-order valence-corrected chi connectivity index (χ0v) is 12.8. The van der Waals surface area contributed by atoms with Gasteiger partial charge in [-0.05, 0) is 58.1 Å². The number of hydrogen-bond acceptors (Lipinski definition) is 2. The van der Waals surface area contributed by atoms with E-state index in [2.05, 4.69) is 20.9 Å². The van der Waals surface area contributed by atoms with Gasteiger partial charge in [0, 0.05) is 22.6 Å². The highest BCUT2D eigenvalue weighted by atomic mass is 79.9. The Morgan fingerprint density at radius 3 is 2.79 bits per heavy atom. The Morgan fingerprint density at radius 1 is 1.32 bits per heavy atom. The fraction of sp³-hybridized carbons (Fsp3) is 0.200. The predicted molar refractivity (Wildman–Crippen MR) is 80.8 cm³/mol. The van der Waals surface area contributed by atoms with Crippen molar-refractivity contribution in [2.75, 3.05) is 0 Å². The Hall–Kier alpha value is -1.19. The largest absolute Gasteiger partial charge is 0.293 e. The molecule has 0 bridgehead atoms. The van der Waals surface area contributed by atoms with Crippen LogP contribution in [0.1, 0.15) is 28.5 Å². The lowest BCUT2D eigenvalue weighted by Gasteiger charge is -2.07. The third-order valence-corrected chi connectivity index (χ3v) is 3.51. The van der Waals surface area contributed by atoms with Gasteiger partial charge in [-0.1, -0.05) is 23.7 Å². The zero-order valence-electron chi connectivity index (χ0n) is 10.5. The summed E-state index contributed by atoms with van der Waals surface area (Å²) in [5, 5.41) is 0.733. The smallest absolute Gasteiger partial charge is 0.178 e. The molecule has 0 N–H and O–H groups in total. The van der Waals surface area contributed by atoms with Gasteiger partial charge >= 0.3 is 0 Å². The second-order valence-corrected chi connectivity index (χ2v) is 5.70. The molecule has 1 heterocycles. The average molecular weight is 339 g/mol. The van der Waals surface area contributed by atoms with E-state index in [0.29, 0.717) is 5.69 Å². The molecule has 2 aromatic rings. The number of ketones is 1. The average Bonchev–Trinajstić information content (AvgIpc) is 2.36. The van der Waals surface area contributed by atoms with Crippen LogP contribution in [0.25, 0.3) is 0 Å². The summed E-state index contributed by atoms with van der Waals surface area (Å²) in [5.74, 6) is -0.00593. The highest BCUT2D eigenvalue weighted by Gasteiger charge is 2.09. The minimum Gasteiger partial charge on any atom is -0.293 e. The van der Waals surface area contributed by atoms with Crippen molar-refractivity contribution in [3.8, 4) is 0 Å². The first-order valence-corrected chi connectivity index (χ1v) is 7.13. The third-order valence-electron chi connectivity index (χ3n) is 2.84. The summed E-state index contributed by atoms with van der Waals surface area (Å²) >= 11 is 9.35. The number of Topliss-reactive ketones (excluding diaryl/α,β-unsaturated/α-hetero) is 1. The number of halogens is 2. The first-order valence-electron chi connectivity index (χ1n) is 5.96. The number of benzene rings is 1. The molecule has 0 saturated carbocycles. The van der Waals surface area contributed by atoms with Crippen LogP contribution in [0.5, 0.6) is 0 Å². The van der Waals surface area contributed by atoms with Gasteiger partial charge in [0.15, 0.2) is 5.78 Å². The molecule has 1 aromatic heterocycles. The Kier molecular flexibility index (Phi) is 4.72. The number of nitrogens with zero attached hydrogens (tertiary/aromatic N) is 1. The Bertz CT molecular complexity index is 613. The van der Waals surface area contributed by atoms with Gasteiger partial charge in [-0.2, -0.15) is 0 Å². The molecule has 0 amide bonds. The van der Waals surface area contributed by atoms with Gasteiger partial charge in [0.1, 0.15) is 5.69 Å². The molecule has 2 nitrogen and oxygen atoms in total. The maximum absolute atomic E-state index is 11.5. The Morgan fingerprint density at radius 2 is 2.11 bits per heavy atom. The van der Waals surface area contributed by atoms with Gasteiger partial charge < -0.3 is 0 Å². The number of aryl methyl sites for hydroxylation is 2. The van der Waals surface area contributed by atoms with E-state index in [1.165, 1.54) is 0 Å². The summed E-state index contributed by atoms with van der Waals surface area (Å²) in [5.41, 5.74) is 2.66. The lowest BCUT2D eigenvalue weighted by atomic mass is 10.0. The van der Waals surface area contributed by atoms with Gasteiger partial charge in [0.2, 0.25) is 0 Å². The van der Waals surface area contributed by atoms with Gasteiger partial charge in [-0.15, -0.1) is 0 Å². The second kappa shape index (κ2) is 6.31.